The number of aromatic nitrogens is 3. The van der Waals surface area contributed by atoms with Gasteiger partial charge in [-0.15, -0.1) is 0 Å². The molecule has 4 rings (SSSR count). The van der Waals surface area contributed by atoms with Gasteiger partial charge in [0, 0.05) is 17.3 Å². The van der Waals surface area contributed by atoms with E-state index in [1.165, 1.54) is 11.5 Å². The average molecular weight is 313 g/mol. The number of nitrogens with zero attached hydrogens (tertiary/aromatic N) is 3. The van der Waals surface area contributed by atoms with Gasteiger partial charge in [-0.3, -0.25) is 0 Å². The van der Waals surface area contributed by atoms with Gasteiger partial charge in [0.2, 0.25) is 0 Å². The van der Waals surface area contributed by atoms with E-state index in [4.69, 9.17) is 4.74 Å². The minimum atomic E-state index is -0.256. The number of esters is 1. The molecule has 1 aliphatic carbocycles. The SMILES string of the molecule is CCOC(=O)c1snc(-c2cccn3nccc23)c1C1CC1. The van der Waals surface area contributed by atoms with Crippen molar-refractivity contribution in [2.24, 2.45) is 0 Å². The second-order valence-electron chi connectivity index (χ2n) is 5.35. The Labute approximate surface area is 131 Å². The molecule has 22 heavy (non-hydrogen) atoms. The molecule has 3 aromatic heterocycles. The molecule has 0 aliphatic heterocycles. The van der Waals surface area contributed by atoms with Crippen LogP contribution in [0.1, 0.15) is 40.9 Å². The van der Waals surface area contributed by atoms with Crippen molar-refractivity contribution in [3.05, 3.63) is 41.0 Å². The topological polar surface area (TPSA) is 56.5 Å². The Morgan fingerprint density at radius 1 is 1.45 bits per heavy atom. The minimum Gasteiger partial charge on any atom is -0.462 e. The summed E-state index contributed by atoms with van der Waals surface area (Å²) in [7, 11) is 0. The van der Waals surface area contributed by atoms with Gasteiger partial charge in [-0.25, -0.2) is 9.31 Å². The fourth-order valence-corrected chi connectivity index (χ4v) is 3.61. The molecule has 1 fully saturated rings. The summed E-state index contributed by atoms with van der Waals surface area (Å²) in [5.41, 5.74) is 3.98. The monoisotopic (exact) mass is 313 g/mol. The van der Waals surface area contributed by atoms with Crippen molar-refractivity contribution < 1.29 is 9.53 Å². The van der Waals surface area contributed by atoms with Gasteiger partial charge in [0.25, 0.3) is 0 Å². The molecule has 0 atom stereocenters. The Kier molecular flexibility index (Phi) is 3.18. The van der Waals surface area contributed by atoms with Gasteiger partial charge in [-0.05, 0) is 55.4 Å². The lowest BCUT2D eigenvalue weighted by Crippen LogP contribution is -2.05. The van der Waals surface area contributed by atoms with Crippen molar-refractivity contribution in [3.63, 3.8) is 0 Å². The van der Waals surface area contributed by atoms with Crippen LogP contribution in [-0.2, 0) is 4.74 Å². The normalized spacial score (nSPS) is 14.4. The maximum atomic E-state index is 12.2. The lowest BCUT2D eigenvalue weighted by atomic mass is 10.0. The number of hydrogen-bond acceptors (Lipinski definition) is 5. The smallest absolute Gasteiger partial charge is 0.350 e. The first-order chi connectivity index (χ1) is 10.8. The number of carbonyl (C=O) groups excluding carboxylic acids is 1. The zero-order chi connectivity index (χ0) is 15.1. The van der Waals surface area contributed by atoms with E-state index in [0.29, 0.717) is 17.4 Å². The highest BCUT2D eigenvalue weighted by Gasteiger charge is 2.34. The van der Waals surface area contributed by atoms with E-state index in [1.807, 2.05) is 35.8 Å². The molecular weight excluding hydrogens is 298 g/mol. The second-order valence-corrected chi connectivity index (χ2v) is 6.13. The summed E-state index contributed by atoms with van der Waals surface area (Å²) in [6.45, 7) is 2.21. The van der Waals surface area contributed by atoms with Crippen molar-refractivity contribution in [1.82, 2.24) is 14.0 Å². The molecule has 0 bridgehead atoms. The summed E-state index contributed by atoms with van der Waals surface area (Å²) in [4.78, 5) is 12.8. The van der Waals surface area contributed by atoms with Gasteiger partial charge >= 0.3 is 5.97 Å². The first-order valence-corrected chi connectivity index (χ1v) is 8.16. The van der Waals surface area contributed by atoms with Crippen LogP contribution in [0.2, 0.25) is 0 Å². The van der Waals surface area contributed by atoms with E-state index in [9.17, 15) is 4.79 Å². The summed E-state index contributed by atoms with van der Waals surface area (Å²) in [5.74, 6) is 0.171. The van der Waals surface area contributed by atoms with Crippen LogP contribution in [0, 0.1) is 0 Å². The fraction of sp³-hybridized carbons (Fsp3) is 0.312. The summed E-state index contributed by atoms with van der Waals surface area (Å²) in [6, 6.07) is 5.96. The van der Waals surface area contributed by atoms with Crippen molar-refractivity contribution in [3.8, 4) is 11.3 Å². The van der Waals surface area contributed by atoms with Crippen molar-refractivity contribution in [2.75, 3.05) is 6.61 Å². The van der Waals surface area contributed by atoms with E-state index in [2.05, 4.69) is 9.47 Å². The third-order valence-electron chi connectivity index (χ3n) is 3.87. The third kappa shape index (κ3) is 2.11. The lowest BCUT2D eigenvalue weighted by Gasteiger charge is -2.06. The standard InChI is InChI=1S/C16H15N3O2S/c1-2-21-16(20)15-13(10-5-6-10)14(18-22-15)11-4-3-9-19-12(11)7-8-17-19/h3-4,7-10H,2,5-6H2,1H3. The number of pyridine rings is 1. The van der Waals surface area contributed by atoms with E-state index >= 15 is 0 Å². The van der Waals surface area contributed by atoms with Gasteiger partial charge < -0.3 is 4.74 Å². The molecule has 0 radical (unpaired) electrons. The van der Waals surface area contributed by atoms with Crippen LogP contribution >= 0.6 is 11.5 Å². The molecule has 6 heteroatoms. The molecule has 1 aliphatic rings. The highest BCUT2D eigenvalue weighted by atomic mass is 32.1. The van der Waals surface area contributed by atoms with Crippen LogP contribution in [-0.4, -0.2) is 26.6 Å². The van der Waals surface area contributed by atoms with Crippen molar-refractivity contribution >= 4 is 23.0 Å². The molecule has 0 spiro atoms. The molecule has 3 aromatic rings. The summed E-state index contributed by atoms with van der Waals surface area (Å²) < 4.78 is 11.6. The highest BCUT2D eigenvalue weighted by Crippen LogP contribution is 2.47. The van der Waals surface area contributed by atoms with Crippen molar-refractivity contribution in [2.45, 2.75) is 25.7 Å². The largest absolute Gasteiger partial charge is 0.462 e. The number of rotatable bonds is 4. The maximum absolute atomic E-state index is 12.2. The van der Waals surface area contributed by atoms with Gasteiger partial charge in [0.05, 0.1) is 24.0 Å². The Bertz CT molecular complexity index is 848. The number of ether oxygens (including phenoxy) is 1. The number of fused-ring (bicyclic) bond motifs is 1. The molecule has 5 nitrogen and oxygen atoms in total. The predicted molar refractivity (Wildman–Crippen MR) is 84.2 cm³/mol. The summed E-state index contributed by atoms with van der Waals surface area (Å²) >= 11 is 1.24. The van der Waals surface area contributed by atoms with Gasteiger partial charge in [0.15, 0.2) is 0 Å². The molecule has 3 heterocycles. The zero-order valence-electron chi connectivity index (χ0n) is 12.2. The average Bonchev–Trinajstić information content (AvgIpc) is 3.09. The molecular formula is C16H15N3O2S. The summed E-state index contributed by atoms with van der Waals surface area (Å²) in [5, 5.41) is 4.27. The predicted octanol–water partition coefficient (Wildman–Crippen LogP) is 3.51. The van der Waals surface area contributed by atoms with E-state index < -0.39 is 0 Å². The Morgan fingerprint density at radius 3 is 3.09 bits per heavy atom. The first-order valence-electron chi connectivity index (χ1n) is 7.39. The highest BCUT2D eigenvalue weighted by molar-refractivity contribution is 7.08. The quantitative estimate of drug-likeness (QED) is 0.692. The maximum Gasteiger partial charge on any atom is 0.350 e. The van der Waals surface area contributed by atoms with Gasteiger partial charge in [-0.1, -0.05) is 0 Å². The zero-order valence-corrected chi connectivity index (χ0v) is 13.0. The molecule has 1 saturated carbocycles. The van der Waals surface area contributed by atoms with Crippen LogP contribution in [0.5, 0.6) is 0 Å². The molecule has 112 valence electrons. The Hall–Kier alpha value is -2.21. The fourth-order valence-electron chi connectivity index (χ4n) is 2.74. The number of hydrogen-bond donors (Lipinski definition) is 0. The number of carbonyl (C=O) groups is 1. The van der Waals surface area contributed by atoms with E-state index in [-0.39, 0.29) is 5.97 Å². The third-order valence-corrected chi connectivity index (χ3v) is 4.71. The molecule has 0 saturated heterocycles. The van der Waals surface area contributed by atoms with Gasteiger partial charge in [-0.2, -0.15) is 9.47 Å². The molecule has 0 aromatic carbocycles. The van der Waals surface area contributed by atoms with Crippen LogP contribution in [0.25, 0.3) is 16.8 Å². The lowest BCUT2D eigenvalue weighted by molar-refractivity contribution is 0.0531. The minimum absolute atomic E-state index is 0.256. The van der Waals surface area contributed by atoms with Crippen LogP contribution in [0.15, 0.2) is 30.6 Å². The van der Waals surface area contributed by atoms with Gasteiger partial charge in [0.1, 0.15) is 4.88 Å². The Morgan fingerprint density at radius 2 is 2.32 bits per heavy atom. The van der Waals surface area contributed by atoms with E-state index in [1.54, 1.807) is 6.20 Å². The molecule has 0 unspecified atom stereocenters. The van der Waals surface area contributed by atoms with E-state index in [0.717, 1.165) is 35.2 Å². The van der Waals surface area contributed by atoms with Crippen LogP contribution < -0.4 is 0 Å². The van der Waals surface area contributed by atoms with Crippen LogP contribution in [0.3, 0.4) is 0 Å². The van der Waals surface area contributed by atoms with Crippen molar-refractivity contribution in [1.29, 1.82) is 0 Å². The molecule has 0 amide bonds. The van der Waals surface area contributed by atoms with Crippen LogP contribution in [0.4, 0.5) is 0 Å². The second kappa shape index (κ2) is 5.21. The Balaban J connectivity index is 1.89. The first kappa shape index (κ1) is 13.5. The molecule has 0 N–H and O–H groups in total. The summed E-state index contributed by atoms with van der Waals surface area (Å²) in [6.07, 6.45) is 5.91.